The zero-order chi connectivity index (χ0) is 12.7. The molecule has 0 spiro atoms. The van der Waals surface area contributed by atoms with Crippen molar-refractivity contribution in [2.75, 3.05) is 6.54 Å². The van der Waals surface area contributed by atoms with Crippen molar-refractivity contribution in [3.05, 3.63) is 47.5 Å². The van der Waals surface area contributed by atoms with E-state index >= 15 is 0 Å². The van der Waals surface area contributed by atoms with E-state index in [1.54, 1.807) is 12.1 Å². The fraction of sp³-hybridized carbons (Fsp3) is 0.231. The average Bonchev–Trinajstić information content (AvgIpc) is 2.34. The van der Waals surface area contributed by atoms with Crippen LogP contribution in [0.3, 0.4) is 0 Å². The van der Waals surface area contributed by atoms with Gasteiger partial charge in [-0.1, -0.05) is 24.3 Å². The first-order valence-electron chi connectivity index (χ1n) is 5.29. The number of benzene rings is 1. The van der Waals surface area contributed by atoms with E-state index in [4.69, 9.17) is 11.0 Å². The van der Waals surface area contributed by atoms with Gasteiger partial charge in [0.25, 0.3) is 0 Å². The molecule has 88 valence electrons. The first-order chi connectivity index (χ1) is 8.11. The van der Waals surface area contributed by atoms with Crippen molar-refractivity contribution in [3.8, 4) is 6.07 Å². The monoisotopic (exact) mass is 228 g/mol. The van der Waals surface area contributed by atoms with Crippen molar-refractivity contribution in [3.63, 3.8) is 0 Å². The summed E-state index contributed by atoms with van der Waals surface area (Å²) in [6.07, 6.45) is 0. The zero-order valence-corrected chi connectivity index (χ0v) is 9.90. The number of aliphatic imine (C=N–C) groups is 1. The summed E-state index contributed by atoms with van der Waals surface area (Å²) in [5, 5.41) is 11.6. The highest BCUT2D eigenvalue weighted by Crippen LogP contribution is 2.04. The van der Waals surface area contributed by atoms with E-state index in [9.17, 15) is 0 Å². The van der Waals surface area contributed by atoms with Gasteiger partial charge < -0.3 is 11.1 Å². The van der Waals surface area contributed by atoms with Crippen LogP contribution in [0, 0.1) is 11.3 Å². The fourth-order valence-corrected chi connectivity index (χ4v) is 1.16. The molecule has 4 heteroatoms. The van der Waals surface area contributed by atoms with Crippen LogP contribution in [-0.2, 0) is 6.54 Å². The Kier molecular flexibility index (Phi) is 4.77. The largest absolute Gasteiger partial charge is 0.370 e. The molecule has 0 amide bonds. The minimum Gasteiger partial charge on any atom is -0.370 e. The SMILES string of the molecule is C=C(C)CNC(N)=NCc1ccc(C#N)cc1. The number of nitrogens with one attached hydrogen (secondary N) is 1. The van der Waals surface area contributed by atoms with E-state index in [1.807, 2.05) is 19.1 Å². The van der Waals surface area contributed by atoms with E-state index in [0.717, 1.165) is 11.1 Å². The second kappa shape index (κ2) is 6.33. The predicted octanol–water partition coefficient (Wildman–Crippen LogP) is 1.54. The van der Waals surface area contributed by atoms with E-state index in [2.05, 4.69) is 23.0 Å². The molecule has 17 heavy (non-hydrogen) atoms. The molecular formula is C13H16N4. The molecule has 0 unspecified atom stereocenters. The van der Waals surface area contributed by atoms with Gasteiger partial charge in [-0.05, 0) is 24.6 Å². The van der Waals surface area contributed by atoms with E-state index in [0.29, 0.717) is 24.6 Å². The van der Waals surface area contributed by atoms with Crippen LogP contribution >= 0.6 is 0 Å². The van der Waals surface area contributed by atoms with Gasteiger partial charge in [-0.25, -0.2) is 4.99 Å². The van der Waals surface area contributed by atoms with Gasteiger partial charge >= 0.3 is 0 Å². The van der Waals surface area contributed by atoms with Crippen molar-refractivity contribution in [2.45, 2.75) is 13.5 Å². The summed E-state index contributed by atoms with van der Waals surface area (Å²) < 4.78 is 0. The Hall–Kier alpha value is -2.28. The van der Waals surface area contributed by atoms with Crippen LogP contribution in [0.1, 0.15) is 18.1 Å². The molecule has 0 fully saturated rings. The van der Waals surface area contributed by atoms with Crippen LogP contribution in [-0.4, -0.2) is 12.5 Å². The standard InChI is InChI=1S/C13H16N4/c1-10(2)8-16-13(15)17-9-12-5-3-11(7-14)4-6-12/h3-6H,1,8-9H2,2H3,(H3,15,16,17). The predicted molar refractivity (Wildman–Crippen MR) is 69.3 cm³/mol. The van der Waals surface area contributed by atoms with Crippen LogP contribution in [0.25, 0.3) is 0 Å². The second-order valence-electron chi connectivity index (χ2n) is 3.82. The lowest BCUT2D eigenvalue weighted by Crippen LogP contribution is -2.32. The minimum absolute atomic E-state index is 0.400. The number of nitriles is 1. The zero-order valence-electron chi connectivity index (χ0n) is 9.90. The van der Waals surface area contributed by atoms with Gasteiger partial charge in [-0.3, -0.25) is 0 Å². The maximum Gasteiger partial charge on any atom is 0.189 e. The first kappa shape index (κ1) is 12.8. The molecule has 0 bridgehead atoms. The van der Waals surface area contributed by atoms with Crippen LogP contribution in [0.2, 0.25) is 0 Å². The van der Waals surface area contributed by atoms with Crippen molar-refractivity contribution >= 4 is 5.96 Å². The smallest absolute Gasteiger partial charge is 0.189 e. The molecule has 1 aromatic rings. The van der Waals surface area contributed by atoms with Crippen molar-refractivity contribution in [1.82, 2.24) is 5.32 Å². The van der Waals surface area contributed by atoms with Gasteiger partial charge in [0.1, 0.15) is 0 Å². The number of nitrogens with two attached hydrogens (primary N) is 1. The van der Waals surface area contributed by atoms with E-state index < -0.39 is 0 Å². The minimum atomic E-state index is 0.400. The van der Waals surface area contributed by atoms with Crippen molar-refractivity contribution < 1.29 is 0 Å². The maximum atomic E-state index is 8.65. The Balaban J connectivity index is 2.51. The van der Waals surface area contributed by atoms with Gasteiger partial charge in [0, 0.05) is 6.54 Å². The molecule has 0 atom stereocenters. The fourth-order valence-electron chi connectivity index (χ4n) is 1.16. The lowest BCUT2D eigenvalue weighted by molar-refractivity contribution is 0.940. The van der Waals surface area contributed by atoms with Gasteiger partial charge in [0.2, 0.25) is 0 Å². The van der Waals surface area contributed by atoms with Gasteiger partial charge in [-0.2, -0.15) is 5.26 Å². The molecule has 0 heterocycles. The summed E-state index contributed by atoms with van der Waals surface area (Å²) in [4.78, 5) is 4.18. The van der Waals surface area contributed by atoms with Crippen molar-refractivity contribution in [1.29, 1.82) is 5.26 Å². The molecule has 0 saturated heterocycles. The topological polar surface area (TPSA) is 74.2 Å². The van der Waals surface area contributed by atoms with Crippen LogP contribution in [0.4, 0.5) is 0 Å². The average molecular weight is 228 g/mol. The molecule has 0 aromatic heterocycles. The van der Waals surface area contributed by atoms with Gasteiger partial charge in [0.05, 0.1) is 18.2 Å². The molecule has 0 radical (unpaired) electrons. The number of guanidine groups is 1. The van der Waals surface area contributed by atoms with Crippen molar-refractivity contribution in [2.24, 2.45) is 10.7 Å². The summed E-state index contributed by atoms with van der Waals surface area (Å²) >= 11 is 0. The maximum absolute atomic E-state index is 8.65. The van der Waals surface area contributed by atoms with Crippen LogP contribution < -0.4 is 11.1 Å². The highest BCUT2D eigenvalue weighted by Gasteiger charge is 1.94. The Morgan fingerprint density at radius 2 is 2.12 bits per heavy atom. The van der Waals surface area contributed by atoms with Crippen LogP contribution in [0.5, 0.6) is 0 Å². The normalized spacial score (nSPS) is 10.7. The molecule has 0 aliphatic heterocycles. The molecule has 0 aliphatic carbocycles. The molecule has 1 aromatic carbocycles. The highest BCUT2D eigenvalue weighted by atomic mass is 15.1. The number of rotatable bonds is 4. The van der Waals surface area contributed by atoms with E-state index in [1.165, 1.54) is 0 Å². The quantitative estimate of drug-likeness (QED) is 0.466. The molecule has 0 saturated carbocycles. The Bertz CT molecular complexity index is 451. The first-order valence-corrected chi connectivity index (χ1v) is 5.29. The summed E-state index contributed by atoms with van der Waals surface area (Å²) in [5.74, 6) is 0.400. The summed E-state index contributed by atoms with van der Waals surface area (Å²) in [5.41, 5.74) is 8.33. The Labute approximate surface area is 101 Å². The number of nitrogens with zero attached hydrogens (tertiary/aromatic N) is 2. The highest BCUT2D eigenvalue weighted by molar-refractivity contribution is 5.78. The van der Waals surface area contributed by atoms with Gasteiger partial charge in [0.15, 0.2) is 5.96 Å². The molecule has 1 rings (SSSR count). The lowest BCUT2D eigenvalue weighted by Gasteiger charge is -2.04. The number of hydrogen-bond donors (Lipinski definition) is 2. The molecule has 4 nitrogen and oxygen atoms in total. The van der Waals surface area contributed by atoms with Gasteiger partial charge in [-0.15, -0.1) is 0 Å². The molecule has 0 aliphatic rings. The number of hydrogen-bond acceptors (Lipinski definition) is 2. The third-order valence-corrected chi connectivity index (χ3v) is 2.09. The second-order valence-corrected chi connectivity index (χ2v) is 3.82. The van der Waals surface area contributed by atoms with E-state index in [-0.39, 0.29) is 0 Å². The Morgan fingerprint density at radius 1 is 1.47 bits per heavy atom. The lowest BCUT2D eigenvalue weighted by atomic mass is 10.1. The Morgan fingerprint density at radius 3 is 2.65 bits per heavy atom. The molecular weight excluding hydrogens is 212 g/mol. The summed E-state index contributed by atoms with van der Waals surface area (Å²) in [6.45, 7) is 6.81. The third kappa shape index (κ3) is 4.85. The summed E-state index contributed by atoms with van der Waals surface area (Å²) in [6, 6.07) is 9.34. The van der Waals surface area contributed by atoms with Crippen LogP contribution in [0.15, 0.2) is 41.4 Å². The third-order valence-electron chi connectivity index (χ3n) is 2.09. The molecule has 3 N–H and O–H groups in total. The summed E-state index contributed by atoms with van der Waals surface area (Å²) in [7, 11) is 0.